The largest absolute Gasteiger partial charge is 0.475 e. The molecule has 0 spiro atoms. The molecule has 2 rings (SSSR count). The lowest BCUT2D eigenvalue weighted by Crippen LogP contribution is -2.19. The number of aromatic nitrogens is 3. The van der Waals surface area contributed by atoms with Gasteiger partial charge in [0.05, 0.1) is 5.69 Å². The second kappa shape index (κ2) is 4.74. The normalized spacial score (nSPS) is 11.7. The maximum atomic E-state index is 11.1. The van der Waals surface area contributed by atoms with E-state index in [1.165, 1.54) is 0 Å². The van der Waals surface area contributed by atoms with Crippen LogP contribution in [-0.4, -0.2) is 25.8 Å². The van der Waals surface area contributed by atoms with E-state index in [0.717, 1.165) is 16.8 Å². The number of aryl methyl sites for hydroxylation is 2. The number of hydrogen-bond donors (Lipinski definition) is 1. The minimum Gasteiger partial charge on any atom is -0.475 e. The Balaban J connectivity index is 2.72. The van der Waals surface area contributed by atoms with E-state index in [-0.39, 0.29) is 11.2 Å². The standard InChI is InChI=1S/C15H19N3O2/c1-9-6-7-10(2)11(8-9)18-14(15(3,4)5)16-12(17-18)13(19)20/h6-8H,1-5H3,(H,19,20). The summed E-state index contributed by atoms with van der Waals surface area (Å²) in [5, 5.41) is 13.3. The first-order chi connectivity index (χ1) is 9.20. The highest BCUT2D eigenvalue weighted by Crippen LogP contribution is 2.25. The molecule has 0 fully saturated rings. The maximum absolute atomic E-state index is 11.1. The van der Waals surface area contributed by atoms with Gasteiger partial charge in [0.2, 0.25) is 0 Å². The molecule has 0 aliphatic carbocycles. The zero-order valence-corrected chi connectivity index (χ0v) is 12.4. The summed E-state index contributed by atoms with van der Waals surface area (Å²) in [5.74, 6) is -0.640. The van der Waals surface area contributed by atoms with Crippen LogP contribution in [0.25, 0.3) is 5.69 Å². The molecule has 1 aromatic carbocycles. The third-order valence-electron chi connectivity index (χ3n) is 3.06. The lowest BCUT2D eigenvalue weighted by Gasteiger charge is -2.19. The topological polar surface area (TPSA) is 68.0 Å². The molecule has 1 N–H and O–H groups in total. The smallest absolute Gasteiger partial charge is 0.375 e. The van der Waals surface area contributed by atoms with Crippen LogP contribution in [0.4, 0.5) is 0 Å². The quantitative estimate of drug-likeness (QED) is 0.913. The van der Waals surface area contributed by atoms with Crippen molar-refractivity contribution in [1.29, 1.82) is 0 Å². The predicted molar refractivity (Wildman–Crippen MR) is 76.5 cm³/mol. The van der Waals surface area contributed by atoms with E-state index < -0.39 is 5.97 Å². The average molecular weight is 273 g/mol. The van der Waals surface area contributed by atoms with Crippen molar-refractivity contribution in [1.82, 2.24) is 14.8 Å². The van der Waals surface area contributed by atoms with Gasteiger partial charge in [-0.3, -0.25) is 0 Å². The van der Waals surface area contributed by atoms with Crippen LogP contribution in [0, 0.1) is 13.8 Å². The van der Waals surface area contributed by atoms with E-state index in [4.69, 9.17) is 5.11 Å². The van der Waals surface area contributed by atoms with E-state index in [1.807, 2.05) is 52.8 Å². The summed E-state index contributed by atoms with van der Waals surface area (Å²) in [6.07, 6.45) is 0. The molecule has 0 aliphatic rings. The zero-order chi connectivity index (χ0) is 15.1. The molecule has 0 amide bonds. The van der Waals surface area contributed by atoms with Crippen molar-refractivity contribution in [2.45, 2.75) is 40.0 Å². The summed E-state index contributed by atoms with van der Waals surface area (Å²) in [6, 6.07) is 6.01. The van der Waals surface area contributed by atoms with Gasteiger partial charge in [0, 0.05) is 5.41 Å². The van der Waals surface area contributed by atoms with Gasteiger partial charge in [-0.2, -0.15) is 0 Å². The highest BCUT2D eigenvalue weighted by Gasteiger charge is 2.26. The molecule has 0 saturated heterocycles. The molecule has 0 bridgehead atoms. The number of carbonyl (C=O) groups is 1. The summed E-state index contributed by atoms with van der Waals surface area (Å²) in [7, 11) is 0. The van der Waals surface area contributed by atoms with Gasteiger partial charge in [-0.05, 0) is 31.0 Å². The Bertz CT molecular complexity index is 666. The van der Waals surface area contributed by atoms with Crippen LogP contribution in [0.15, 0.2) is 18.2 Å². The monoisotopic (exact) mass is 273 g/mol. The van der Waals surface area contributed by atoms with E-state index in [9.17, 15) is 4.79 Å². The van der Waals surface area contributed by atoms with Crippen LogP contribution in [0.5, 0.6) is 0 Å². The highest BCUT2D eigenvalue weighted by atomic mass is 16.4. The van der Waals surface area contributed by atoms with E-state index in [0.29, 0.717) is 5.82 Å². The lowest BCUT2D eigenvalue weighted by atomic mass is 9.95. The lowest BCUT2D eigenvalue weighted by molar-refractivity contribution is 0.0683. The second-order valence-electron chi connectivity index (χ2n) is 6.02. The van der Waals surface area contributed by atoms with Crippen LogP contribution in [0.1, 0.15) is 48.3 Å². The Hall–Kier alpha value is -2.17. The molecule has 20 heavy (non-hydrogen) atoms. The Morgan fingerprint density at radius 3 is 2.45 bits per heavy atom. The number of carboxylic acid groups (broad SMARTS) is 1. The minimum absolute atomic E-state index is 0.171. The summed E-state index contributed by atoms with van der Waals surface area (Å²) in [6.45, 7) is 9.94. The van der Waals surface area contributed by atoms with Gasteiger partial charge in [-0.25, -0.2) is 14.5 Å². The third-order valence-corrected chi connectivity index (χ3v) is 3.06. The van der Waals surface area contributed by atoms with Crippen molar-refractivity contribution >= 4 is 5.97 Å². The minimum atomic E-state index is -1.11. The van der Waals surface area contributed by atoms with Crippen molar-refractivity contribution in [2.75, 3.05) is 0 Å². The van der Waals surface area contributed by atoms with Gasteiger partial charge in [0.1, 0.15) is 5.82 Å². The van der Waals surface area contributed by atoms with Crippen LogP contribution in [0.2, 0.25) is 0 Å². The summed E-state index contributed by atoms with van der Waals surface area (Å²) < 4.78 is 1.64. The van der Waals surface area contributed by atoms with Crippen molar-refractivity contribution in [2.24, 2.45) is 0 Å². The summed E-state index contributed by atoms with van der Waals surface area (Å²) in [4.78, 5) is 15.3. The number of benzene rings is 1. The molecule has 1 aromatic heterocycles. The fourth-order valence-electron chi connectivity index (χ4n) is 2.00. The molecule has 2 aromatic rings. The van der Waals surface area contributed by atoms with Crippen molar-refractivity contribution in [3.8, 4) is 5.69 Å². The zero-order valence-electron chi connectivity index (χ0n) is 12.4. The van der Waals surface area contributed by atoms with E-state index >= 15 is 0 Å². The third kappa shape index (κ3) is 2.57. The van der Waals surface area contributed by atoms with Gasteiger partial charge in [0.15, 0.2) is 0 Å². The molecule has 106 valence electrons. The number of aromatic carboxylic acids is 1. The highest BCUT2D eigenvalue weighted by molar-refractivity contribution is 5.83. The maximum Gasteiger partial charge on any atom is 0.375 e. The van der Waals surface area contributed by atoms with Gasteiger partial charge >= 0.3 is 5.97 Å². The average Bonchev–Trinajstić information content (AvgIpc) is 2.77. The van der Waals surface area contributed by atoms with Gasteiger partial charge in [-0.1, -0.05) is 32.9 Å². The fraction of sp³-hybridized carbons (Fsp3) is 0.400. The predicted octanol–water partition coefficient (Wildman–Crippen LogP) is 2.88. The molecule has 5 heteroatoms. The molecular formula is C15H19N3O2. The number of rotatable bonds is 2. The first-order valence-electron chi connectivity index (χ1n) is 6.48. The Kier molecular flexibility index (Phi) is 3.38. The van der Waals surface area contributed by atoms with Crippen LogP contribution >= 0.6 is 0 Å². The number of hydrogen-bond acceptors (Lipinski definition) is 3. The first-order valence-corrected chi connectivity index (χ1v) is 6.48. The molecule has 0 unspecified atom stereocenters. The van der Waals surface area contributed by atoms with Crippen molar-refractivity contribution in [3.63, 3.8) is 0 Å². The fourth-order valence-corrected chi connectivity index (χ4v) is 2.00. The second-order valence-corrected chi connectivity index (χ2v) is 6.02. The molecule has 1 heterocycles. The van der Waals surface area contributed by atoms with Crippen LogP contribution in [0.3, 0.4) is 0 Å². The molecule has 0 aliphatic heterocycles. The SMILES string of the molecule is Cc1ccc(C)c(-n2nc(C(=O)O)nc2C(C)(C)C)c1. The van der Waals surface area contributed by atoms with Crippen LogP contribution < -0.4 is 0 Å². The van der Waals surface area contributed by atoms with Gasteiger partial charge in [0.25, 0.3) is 5.82 Å². The molecule has 0 radical (unpaired) electrons. The number of carboxylic acids is 1. The Morgan fingerprint density at radius 1 is 1.25 bits per heavy atom. The molecule has 0 saturated carbocycles. The Morgan fingerprint density at radius 2 is 1.90 bits per heavy atom. The number of nitrogens with zero attached hydrogens (tertiary/aromatic N) is 3. The van der Waals surface area contributed by atoms with E-state index in [2.05, 4.69) is 10.1 Å². The van der Waals surface area contributed by atoms with E-state index in [1.54, 1.807) is 4.68 Å². The van der Waals surface area contributed by atoms with Crippen LogP contribution in [-0.2, 0) is 5.41 Å². The van der Waals surface area contributed by atoms with Gasteiger partial charge in [-0.15, -0.1) is 5.10 Å². The Labute approximate surface area is 118 Å². The van der Waals surface area contributed by atoms with Gasteiger partial charge < -0.3 is 5.11 Å². The molecule has 5 nitrogen and oxygen atoms in total. The van der Waals surface area contributed by atoms with Crippen molar-refractivity contribution in [3.05, 3.63) is 41.0 Å². The summed E-state index contributed by atoms with van der Waals surface area (Å²) in [5.41, 5.74) is 2.70. The molecular weight excluding hydrogens is 254 g/mol. The van der Waals surface area contributed by atoms with Crippen molar-refractivity contribution < 1.29 is 9.90 Å². The summed E-state index contributed by atoms with van der Waals surface area (Å²) >= 11 is 0. The molecule has 0 atom stereocenters. The first kappa shape index (κ1) is 14.2.